The Balaban J connectivity index is 1.53. The van der Waals surface area contributed by atoms with Gasteiger partial charge in [-0.2, -0.15) is 0 Å². The predicted molar refractivity (Wildman–Crippen MR) is 135 cm³/mol. The molecular formula is C27H25FN2O3S. The van der Waals surface area contributed by atoms with E-state index in [1.165, 1.54) is 34.7 Å². The number of nitrogens with one attached hydrogen (secondary N) is 1. The van der Waals surface area contributed by atoms with E-state index in [2.05, 4.69) is 31.3 Å². The highest BCUT2D eigenvalue weighted by molar-refractivity contribution is 7.80. The molecule has 0 saturated carbocycles. The van der Waals surface area contributed by atoms with Crippen molar-refractivity contribution in [1.29, 1.82) is 0 Å². The van der Waals surface area contributed by atoms with E-state index in [0.29, 0.717) is 29.7 Å². The van der Waals surface area contributed by atoms with Gasteiger partial charge in [-0.15, -0.1) is 0 Å². The largest absolute Gasteiger partial charge is 0.496 e. The average Bonchev–Trinajstić information content (AvgIpc) is 3.11. The summed E-state index contributed by atoms with van der Waals surface area (Å²) in [5, 5.41) is 3.19. The number of carbonyl (C=O) groups is 1. The quantitative estimate of drug-likeness (QED) is 0.345. The molecule has 3 aromatic rings. The fraction of sp³-hybridized carbons (Fsp3) is 0.185. The van der Waals surface area contributed by atoms with Crippen molar-refractivity contribution in [2.45, 2.75) is 26.4 Å². The molecule has 0 spiro atoms. The lowest BCUT2D eigenvalue weighted by Crippen LogP contribution is -2.30. The van der Waals surface area contributed by atoms with Gasteiger partial charge < -0.3 is 14.8 Å². The highest BCUT2D eigenvalue weighted by Gasteiger charge is 2.32. The zero-order chi connectivity index (χ0) is 24.2. The summed E-state index contributed by atoms with van der Waals surface area (Å²) in [6, 6.07) is 19.2. The maximum atomic E-state index is 13.3. The third kappa shape index (κ3) is 5.10. The van der Waals surface area contributed by atoms with Crippen LogP contribution in [0.15, 0.2) is 72.4 Å². The molecular weight excluding hydrogens is 451 g/mol. The van der Waals surface area contributed by atoms with Gasteiger partial charge in [-0.3, -0.25) is 9.69 Å². The second kappa shape index (κ2) is 10.1. The van der Waals surface area contributed by atoms with Crippen molar-refractivity contribution in [3.8, 4) is 11.5 Å². The minimum Gasteiger partial charge on any atom is -0.496 e. The second-order valence-electron chi connectivity index (χ2n) is 8.19. The van der Waals surface area contributed by atoms with Crippen molar-refractivity contribution < 1.29 is 18.7 Å². The SMILES string of the molecule is COc1ccc(/C=C2/NC(=S)N(c3ccc(F)cc3)C2=O)cc1COc1ccc(C(C)C)cc1. The van der Waals surface area contributed by atoms with Gasteiger partial charge in [0.05, 0.1) is 12.8 Å². The van der Waals surface area contributed by atoms with Crippen molar-refractivity contribution in [2.75, 3.05) is 12.0 Å². The minimum absolute atomic E-state index is 0.241. The molecule has 0 radical (unpaired) electrons. The van der Waals surface area contributed by atoms with E-state index in [1.807, 2.05) is 30.3 Å². The highest BCUT2D eigenvalue weighted by atomic mass is 32.1. The molecule has 1 aliphatic rings. The number of anilines is 1. The molecule has 7 heteroatoms. The molecule has 1 aliphatic heterocycles. The van der Waals surface area contributed by atoms with Crippen LogP contribution in [0.2, 0.25) is 0 Å². The first kappa shape index (κ1) is 23.4. The van der Waals surface area contributed by atoms with Crippen molar-refractivity contribution in [3.63, 3.8) is 0 Å². The van der Waals surface area contributed by atoms with E-state index in [-0.39, 0.29) is 16.8 Å². The van der Waals surface area contributed by atoms with E-state index in [1.54, 1.807) is 13.2 Å². The van der Waals surface area contributed by atoms with Crippen LogP contribution < -0.4 is 19.7 Å². The molecule has 1 saturated heterocycles. The molecule has 5 nitrogen and oxygen atoms in total. The number of carbonyl (C=O) groups excluding carboxylic acids is 1. The topological polar surface area (TPSA) is 50.8 Å². The molecule has 0 aliphatic carbocycles. The maximum Gasteiger partial charge on any atom is 0.281 e. The molecule has 1 N–H and O–H groups in total. The summed E-state index contributed by atoms with van der Waals surface area (Å²) >= 11 is 5.33. The van der Waals surface area contributed by atoms with Crippen molar-refractivity contribution in [1.82, 2.24) is 5.32 Å². The lowest BCUT2D eigenvalue weighted by molar-refractivity contribution is -0.113. The number of rotatable bonds is 7. The van der Waals surface area contributed by atoms with Gasteiger partial charge in [0, 0.05) is 5.56 Å². The summed E-state index contributed by atoms with van der Waals surface area (Å²) in [7, 11) is 1.61. The number of thiocarbonyl (C=S) groups is 1. The monoisotopic (exact) mass is 476 g/mol. The summed E-state index contributed by atoms with van der Waals surface area (Å²) in [5.74, 6) is 1.22. The van der Waals surface area contributed by atoms with Crippen molar-refractivity contribution in [2.24, 2.45) is 0 Å². The Labute approximate surface area is 203 Å². The molecule has 0 aromatic heterocycles. The molecule has 3 aromatic carbocycles. The first-order chi connectivity index (χ1) is 16.4. The molecule has 174 valence electrons. The van der Waals surface area contributed by atoms with Crippen LogP contribution in [0, 0.1) is 5.82 Å². The first-order valence-electron chi connectivity index (χ1n) is 10.9. The molecule has 4 rings (SSSR count). The Morgan fingerprint density at radius 1 is 1.06 bits per heavy atom. The number of amides is 1. The Hall–Kier alpha value is -3.71. The van der Waals surface area contributed by atoms with Crippen LogP contribution in [0.3, 0.4) is 0 Å². The third-order valence-corrected chi connectivity index (χ3v) is 5.80. The van der Waals surface area contributed by atoms with E-state index in [9.17, 15) is 9.18 Å². The molecule has 0 atom stereocenters. The van der Waals surface area contributed by atoms with Crippen LogP contribution in [0.5, 0.6) is 11.5 Å². The van der Waals surface area contributed by atoms with E-state index in [0.717, 1.165) is 16.9 Å². The van der Waals surface area contributed by atoms with Crippen LogP contribution >= 0.6 is 12.2 Å². The second-order valence-corrected chi connectivity index (χ2v) is 8.58. The van der Waals surface area contributed by atoms with Gasteiger partial charge in [-0.25, -0.2) is 4.39 Å². The smallest absolute Gasteiger partial charge is 0.281 e. The van der Waals surface area contributed by atoms with Crippen LogP contribution in [-0.2, 0) is 11.4 Å². The number of benzene rings is 3. The fourth-order valence-corrected chi connectivity index (χ4v) is 3.94. The molecule has 1 fully saturated rings. The van der Waals surface area contributed by atoms with E-state index in [4.69, 9.17) is 21.7 Å². The summed E-state index contributed by atoms with van der Waals surface area (Å²) in [6.45, 7) is 4.61. The van der Waals surface area contributed by atoms with Gasteiger partial charge in [0.2, 0.25) is 0 Å². The van der Waals surface area contributed by atoms with Gasteiger partial charge in [0.1, 0.15) is 29.6 Å². The molecule has 1 heterocycles. The summed E-state index contributed by atoms with van der Waals surface area (Å²) in [4.78, 5) is 14.3. The molecule has 34 heavy (non-hydrogen) atoms. The molecule has 0 unspecified atom stereocenters. The minimum atomic E-state index is -0.381. The first-order valence-corrected chi connectivity index (χ1v) is 11.3. The average molecular weight is 477 g/mol. The lowest BCUT2D eigenvalue weighted by Gasteiger charge is -2.13. The van der Waals surface area contributed by atoms with E-state index >= 15 is 0 Å². The zero-order valence-electron chi connectivity index (χ0n) is 19.2. The van der Waals surface area contributed by atoms with Gasteiger partial charge >= 0.3 is 0 Å². The summed E-state index contributed by atoms with van der Waals surface area (Å²) in [6.07, 6.45) is 1.72. The fourth-order valence-electron chi connectivity index (χ4n) is 3.64. The summed E-state index contributed by atoms with van der Waals surface area (Å²) in [5.41, 5.74) is 3.71. The van der Waals surface area contributed by atoms with Gasteiger partial charge in [-0.05, 0) is 83.9 Å². The molecule has 1 amide bonds. The van der Waals surface area contributed by atoms with Crippen LogP contribution in [0.1, 0.15) is 36.5 Å². The van der Waals surface area contributed by atoms with Crippen LogP contribution in [0.25, 0.3) is 6.08 Å². The number of ether oxygens (including phenoxy) is 2. The Bertz CT molecular complexity index is 1240. The van der Waals surface area contributed by atoms with Gasteiger partial charge in [0.15, 0.2) is 5.11 Å². The van der Waals surface area contributed by atoms with E-state index < -0.39 is 0 Å². The van der Waals surface area contributed by atoms with Crippen LogP contribution in [-0.4, -0.2) is 18.1 Å². The number of hydrogen-bond acceptors (Lipinski definition) is 4. The van der Waals surface area contributed by atoms with Crippen molar-refractivity contribution in [3.05, 3.63) is 94.9 Å². The Kier molecular flexibility index (Phi) is 6.93. The zero-order valence-corrected chi connectivity index (χ0v) is 20.0. The summed E-state index contributed by atoms with van der Waals surface area (Å²) < 4.78 is 24.7. The standard InChI is InChI=1S/C27H25FN2O3S/c1-17(2)19-5-11-23(12-6-19)33-16-20-14-18(4-13-25(20)32-3)15-24-26(31)30(27(34)29-24)22-9-7-21(28)8-10-22/h4-15,17H,16H2,1-3H3,(H,29,34)/b24-15+. The van der Waals surface area contributed by atoms with Crippen molar-refractivity contribution >= 4 is 35.0 Å². The van der Waals surface area contributed by atoms with Gasteiger partial charge in [0.25, 0.3) is 5.91 Å². The predicted octanol–water partition coefficient (Wildman–Crippen LogP) is 5.80. The molecule has 0 bridgehead atoms. The maximum absolute atomic E-state index is 13.3. The number of halogens is 1. The number of hydrogen-bond donors (Lipinski definition) is 1. The normalized spacial score (nSPS) is 14.6. The highest BCUT2D eigenvalue weighted by Crippen LogP contribution is 2.26. The van der Waals surface area contributed by atoms with Gasteiger partial charge in [-0.1, -0.05) is 32.0 Å². The number of nitrogens with zero attached hydrogens (tertiary/aromatic N) is 1. The third-order valence-electron chi connectivity index (χ3n) is 5.52. The number of methoxy groups -OCH3 is 1. The Morgan fingerprint density at radius 3 is 2.41 bits per heavy atom. The lowest BCUT2D eigenvalue weighted by atomic mass is 10.0. The Morgan fingerprint density at radius 2 is 1.76 bits per heavy atom. The van der Waals surface area contributed by atoms with Crippen LogP contribution in [0.4, 0.5) is 10.1 Å².